The molecule has 0 aromatic rings. The molecular formula is C40H72F4N6. The van der Waals surface area contributed by atoms with E-state index in [-0.39, 0.29) is 24.5 Å². The summed E-state index contributed by atoms with van der Waals surface area (Å²) in [6.45, 7) is 27.2. The molecule has 2 atom stereocenters. The third-order valence-electron chi connectivity index (χ3n) is 14.1. The predicted molar refractivity (Wildman–Crippen MR) is 196 cm³/mol. The van der Waals surface area contributed by atoms with E-state index in [0.29, 0.717) is 68.9 Å². The van der Waals surface area contributed by atoms with Gasteiger partial charge in [0, 0.05) is 70.4 Å². The zero-order chi connectivity index (χ0) is 36.1. The van der Waals surface area contributed by atoms with E-state index in [2.05, 4.69) is 73.0 Å². The first-order valence-electron chi connectivity index (χ1n) is 20.5. The van der Waals surface area contributed by atoms with Crippen LogP contribution < -0.4 is 0 Å². The molecule has 0 aromatic heterocycles. The lowest BCUT2D eigenvalue weighted by Crippen LogP contribution is -2.71. The highest BCUT2D eigenvalue weighted by atomic mass is 19.3. The largest absolute Gasteiger partial charge is 0.303 e. The van der Waals surface area contributed by atoms with Crippen LogP contribution in [0, 0.1) is 34.0 Å². The molecule has 50 heavy (non-hydrogen) atoms. The molecule has 0 radical (unpaired) electrons. The Morgan fingerprint density at radius 1 is 0.640 bits per heavy atom. The molecule has 2 unspecified atom stereocenters. The maximum Gasteiger partial charge on any atom is 0.268 e. The topological polar surface area (TPSA) is 19.4 Å². The molecule has 0 amide bonds. The molecule has 6 nitrogen and oxygen atoms in total. The number of halogens is 4. The Morgan fingerprint density at radius 2 is 1.26 bits per heavy atom. The number of nitrogens with zero attached hydrogens (tertiary/aromatic N) is 6. The van der Waals surface area contributed by atoms with Crippen molar-refractivity contribution >= 4 is 0 Å². The third kappa shape index (κ3) is 8.88. The van der Waals surface area contributed by atoms with E-state index >= 15 is 17.6 Å². The Hall–Kier alpha value is -0.520. The standard InChI is InChI=1S/C40H72F4N6/c1-31(2)21-45-14-8-34(9-15-45)22-47-19-13-38(40(43,44)30-47)27-50(28-38)33(5)20-36(6,7)24-48-16-10-35(39(41,42)29-48)23-46-17-11-37(12-18-46)25-49(26-37)32(3)4/h31-35H,8-30H2,1-7H3. The Labute approximate surface area is 302 Å². The van der Waals surface area contributed by atoms with Gasteiger partial charge in [0.15, 0.2) is 0 Å². The summed E-state index contributed by atoms with van der Waals surface area (Å²) < 4.78 is 62.8. The van der Waals surface area contributed by atoms with Crippen molar-refractivity contribution in [2.24, 2.45) is 34.0 Å². The molecule has 6 fully saturated rings. The van der Waals surface area contributed by atoms with E-state index in [0.717, 1.165) is 77.9 Å². The molecular weight excluding hydrogens is 640 g/mol. The van der Waals surface area contributed by atoms with E-state index in [1.807, 2.05) is 4.90 Å². The summed E-state index contributed by atoms with van der Waals surface area (Å²) in [6, 6.07) is 0.752. The minimum Gasteiger partial charge on any atom is -0.303 e. The van der Waals surface area contributed by atoms with Gasteiger partial charge in [-0.15, -0.1) is 0 Å². The maximum absolute atomic E-state index is 15.8. The first-order valence-corrected chi connectivity index (χ1v) is 20.5. The smallest absolute Gasteiger partial charge is 0.268 e. The Balaban J connectivity index is 0.902. The Kier molecular flexibility index (Phi) is 11.7. The minimum absolute atomic E-state index is 0.104. The zero-order valence-corrected chi connectivity index (χ0v) is 32.8. The van der Waals surface area contributed by atoms with Gasteiger partial charge in [0.2, 0.25) is 0 Å². The van der Waals surface area contributed by atoms with Gasteiger partial charge in [0.25, 0.3) is 11.8 Å². The van der Waals surface area contributed by atoms with E-state index in [9.17, 15) is 0 Å². The molecule has 10 heteroatoms. The van der Waals surface area contributed by atoms with Crippen LogP contribution in [-0.4, -0.2) is 158 Å². The maximum atomic E-state index is 15.8. The highest BCUT2D eigenvalue weighted by Crippen LogP contribution is 2.51. The van der Waals surface area contributed by atoms with Crippen LogP contribution in [0.2, 0.25) is 0 Å². The molecule has 6 aliphatic heterocycles. The summed E-state index contributed by atoms with van der Waals surface area (Å²) in [5.74, 6) is -4.74. The minimum atomic E-state index is -2.69. The first kappa shape index (κ1) is 39.2. The van der Waals surface area contributed by atoms with Gasteiger partial charge in [-0.3, -0.25) is 19.6 Å². The van der Waals surface area contributed by atoms with Crippen molar-refractivity contribution in [3.8, 4) is 0 Å². The van der Waals surface area contributed by atoms with Crippen molar-refractivity contribution in [1.82, 2.24) is 29.4 Å². The van der Waals surface area contributed by atoms with Crippen LogP contribution in [0.15, 0.2) is 0 Å². The summed E-state index contributed by atoms with van der Waals surface area (Å²) in [5.41, 5.74) is -0.654. The van der Waals surface area contributed by atoms with E-state index in [1.165, 1.54) is 13.1 Å². The van der Waals surface area contributed by atoms with E-state index in [4.69, 9.17) is 0 Å². The summed E-state index contributed by atoms with van der Waals surface area (Å²) in [5, 5.41) is 0. The van der Waals surface area contributed by atoms with Crippen molar-refractivity contribution in [1.29, 1.82) is 0 Å². The molecule has 6 saturated heterocycles. The van der Waals surface area contributed by atoms with Crippen LogP contribution >= 0.6 is 0 Å². The lowest BCUT2D eigenvalue weighted by Gasteiger charge is -2.59. The van der Waals surface area contributed by atoms with Gasteiger partial charge in [-0.25, -0.2) is 17.6 Å². The number of likely N-dealkylation sites (tertiary alicyclic amines) is 6. The van der Waals surface area contributed by atoms with Crippen molar-refractivity contribution in [2.75, 3.05) is 105 Å². The second-order valence-electron chi connectivity index (χ2n) is 20.0. The average molecular weight is 713 g/mol. The fraction of sp³-hybridized carbons (Fsp3) is 1.00. The molecule has 0 N–H and O–H groups in total. The molecule has 0 saturated carbocycles. The van der Waals surface area contributed by atoms with Crippen molar-refractivity contribution < 1.29 is 17.6 Å². The van der Waals surface area contributed by atoms with E-state index in [1.54, 1.807) is 0 Å². The molecule has 6 heterocycles. The first-order chi connectivity index (χ1) is 23.4. The van der Waals surface area contributed by atoms with Crippen LogP contribution in [0.3, 0.4) is 0 Å². The van der Waals surface area contributed by atoms with Gasteiger partial charge in [-0.2, -0.15) is 0 Å². The monoisotopic (exact) mass is 713 g/mol. The summed E-state index contributed by atoms with van der Waals surface area (Å²) in [6.07, 6.45) is 6.45. The second kappa shape index (κ2) is 15.0. The summed E-state index contributed by atoms with van der Waals surface area (Å²) in [4.78, 5) is 13.7. The fourth-order valence-corrected chi connectivity index (χ4v) is 10.9. The second-order valence-corrected chi connectivity index (χ2v) is 20.0. The zero-order valence-electron chi connectivity index (χ0n) is 32.8. The SMILES string of the molecule is CC(C)CN1CCC(CN2CCC3(CN(C(C)CC(C)(C)CN4CCC(CN5CCC6(CC5)CN(C(C)C)C6)C(F)(F)C4)C3)C(F)(F)C2)CC1. The third-order valence-corrected chi connectivity index (χ3v) is 14.1. The Bertz CT molecular complexity index is 1100. The number of hydrogen-bond acceptors (Lipinski definition) is 6. The molecule has 0 aliphatic carbocycles. The van der Waals surface area contributed by atoms with Crippen molar-refractivity contribution in [3.63, 3.8) is 0 Å². The van der Waals surface area contributed by atoms with Gasteiger partial charge in [-0.1, -0.05) is 27.7 Å². The van der Waals surface area contributed by atoms with Crippen LogP contribution in [0.1, 0.15) is 93.4 Å². The quantitative estimate of drug-likeness (QED) is 0.212. The summed E-state index contributed by atoms with van der Waals surface area (Å²) in [7, 11) is 0. The van der Waals surface area contributed by atoms with Gasteiger partial charge < -0.3 is 9.80 Å². The molecule has 2 spiro atoms. The highest BCUT2D eigenvalue weighted by molar-refractivity contribution is 5.09. The molecule has 0 bridgehead atoms. The average Bonchev–Trinajstić information content (AvgIpc) is 2.96. The van der Waals surface area contributed by atoms with Crippen LogP contribution in [-0.2, 0) is 0 Å². The molecule has 6 aliphatic rings. The summed E-state index contributed by atoms with van der Waals surface area (Å²) >= 11 is 0. The van der Waals surface area contributed by atoms with Crippen LogP contribution in [0.25, 0.3) is 0 Å². The van der Waals surface area contributed by atoms with E-state index < -0.39 is 23.2 Å². The van der Waals surface area contributed by atoms with Crippen LogP contribution in [0.4, 0.5) is 17.6 Å². The van der Waals surface area contributed by atoms with Gasteiger partial charge in [0.1, 0.15) is 0 Å². The number of rotatable bonds is 12. The fourth-order valence-electron chi connectivity index (χ4n) is 10.9. The molecule has 0 aromatic carbocycles. The normalized spacial score (nSPS) is 31.0. The van der Waals surface area contributed by atoms with Gasteiger partial charge in [0.05, 0.1) is 18.5 Å². The van der Waals surface area contributed by atoms with Crippen molar-refractivity contribution in [3.05, 3.63) is 0 Å². The van der Waals surface area contributed by atoms with Gasteiger partial charge >= 0.3 is 0 Å². The van der Waals surface area contributed by atoms with Gasteiger partial charge in [-0.05, 0) is 128 Å². The predicted octanol–water partition coefficient (Wildman–Crippen LogP) is 6.57. The Morgan fingerprint density at radius 3 is 1.84 bits per heavy atom. The lowest BCUT2D eigenvalue weighted by atomic mass is 9.68. The molecule has 290 valence electrons. The molecule has 6 rings (SSSR count). The number of piperidine rings is 4. The van der Waals surface area contributed by atoms with Crippen LogP contribution in [0.5, 0.6) is 0 Å². The van der Waals surface area contributed by atoms with Crippen molar-refractivity contribution in [2.45, 2.75) is 117 Å². The highest BCUT2D eigenvalue weighted by Gasteiger charge is 2.63. The number of alkyl halides is 4. The number of hydrogen-bond donors (Lipinski definition) is 0. The lowest BCUT2D eigenvalue weighted by molar-refractivity contribution is -0.232.